The predicted octanol–water partition coefficient (Wildman–Crippen LogP) is 5.41. The van der Waals surface area contributed by atoms with Crippen LogP contribution in [0.3, 0.4) is 0 Å². The van der Waals surface area contributed by atoms with Crippen LogP contribution < -0.4 is 5.32 Å². The van der Waals surface area contributed by atoms with E-state index in [1.54, 1.807) is 18.7 Å². The molecule has 1 heterocycles. The summed E-state index contributed by atoms with van der Waals surface area (Å²) in [6, 6.07) is 6.88. The van der Waals surface area contributed by atoms with Gasteiger partial charge in [-0.3, -0.25) is 9.59 Å². The minimum Gasteiger partial charge on any atom is -0.344 e. The van der Waals surface area contributed by atoms with Gasteiger partial charge in [-0.15, -0.1) is 0 Å². The quantitative estimate of drug-likeness (QED) is 0.617. The summed E-state index contributed by atoms with van der Waals surface area (Å²) < 4.78 is 38.3. The van der Waals surface area contributed by atoms with Crippen molar-refractivity contribution in [1.29, 1.82) is 0 Å². The standard InChI is InChI=1S/C23H32ClF3N2O2/c1-14(2)20(28-19(30)12-15(3)23(25,26)27)21(31)29-11-10-18(22(4,5)13-29)16-6-8-17(24)9-7-16/h6-9,14-15,18,20H,10-13H2,1-5H3,(H,28,30)/t15?,18-,20-/m1/s1. The first-order valence-electron chi connectivity index (χ1n) is 10.6. The third-order valence-corrected chi connectivity index (χ3v) is 6.36. The first kappa shape index (κ1) is 25.5. The number of alkyl halides is 3. The molecule has 1 aromatic rings. The van der Waals surface area contributed by atoms with E-state index in [0.29, 0.717) is 18.1 Å². The first-order valence-corrected chi connectivity index (χ1v) is 11.0. The lowest BCUT2D eigenvalue weighted by atomic mass is 9.70. The van der Waals surface area contributed by atoms with Crippen molar-refractivity contribution in [2.45, 2.75) is 65.6 Å². The molecule has 0 aromatic heterocycles. The number of rotatable bonds is 6. The van der Waals surface area contributed by atoms with Crippen LogP contribution in [0.5, 0.6) is 0 Å². The summed E-state index contributed by atoms with van der Waals surface area (Å²) in [5, 5.41) is 3.22. The van der Waals surface area contributed by atoms with Gasteiger partial charge in [0.15, 0.2) is 0 Å². The number of carbonyl (C=O) groups is 2. The zero-order valence-corrected chi connectivity index (χ0v) is 19.5. The van der Waals surface area contributed by atoms with Crippen LogP contribution in [0.25, 0.3) is 0 Å². The van der Waals surface area contributed by atoms with E-state index >= 15 is 0 Å². The molecule has 1 saturated heterocycles. The zero-order valence-electron chi connectivity index (χ0n) is 18.7. The summed E-state index contributed by atoms with van der Waals surface area (Å²) in [5.41, 5.74) is 0.953. The largest absolute Gasteiger partial charge is 0.392 e. The number of hydrogen-bond donors (Lipinski definition) is 1. The topological polar surface area (TPSA) is 49.4 Å². The summed E-state index contributed by atoms with van der Waals surface area (Å²) in [7, 11) is 0. The maximum atomic E-state index is 13.2. The second-order valence-corrected chi connectivity index (χ2v) is 10.0. The SMILES string of the molecule is CC(C)[C@@H](NC(=O)CC(C)C(F)(F)F)C(=O)N1CC[C@H](c2ccc(Cl)cc2)C(C)(C)C1. The Balaban J connectivity index is 2.08. The van der Waals surface area contributed by atoms with E-state index in [0.717, 1.165) is 18.9 Å². The summed E-state index contributed by atoms with van der Waals surface area (Å²) in [6.45, 7) is 9.74. The van der Waals surface area contributed by atoms with Gasteiger partial charge in [-0.05, 0) is 41.4 Å². The monoisotopic (exact) mass is 460 g/mol. The van der Waals surface area contributed by atoms with Gasteiger partial charge in [0.05, 0.1) is 5.92 Å². The van der Waals surface area contributed by atoms with Gasteiger partial charge >= 0.3 is 6.18 Å². The van der Waals surface area contributed by atoms with Crippen molar-refractivity contribution >= 4 is 23.4 Å². The molecular weight excluding hydrogens is 429 g/mol. The summed E-state index contributed by atoms with van der Waals surface area (Å²) in [5.74, 6) is -2.76. The number of carbonyl (C=O) groups excluding carboxylic acids is 2. The van der Waals surface area contributed by atoms with Crippen molar-refractivity contribution in [3.63, 3.8) is 0 Å². The van der Waals surface area contributed by atoms with Crippen molar-refractivity contribution in [2.24, 2.45) is 17.3 Å². The second kappa shape index (κ2) is 9.80. The molecule has 4 nitrogen and oxygen atoms in total. The van der Waals surface area contributed by atoms with Gasteiger partial charge in [0, 0.05) is 24.5 Å². The summed E-state index contributed by atoms with van der Waals surface area (Å²) >= 11 is 6.00. The molecule has 1 aliphatic heterocycles. The molecule has 0 radical (unpaired) electrons. The van der Waals surface area contributed by atoms with Crippen molar-refractivity contribution in [3.05, 3.63) is 34.9 Å². The second-order valence-electron chi connectivity index (χ2n) is 9.58. The van der Waals surface area contributed by atoms with Gasteiger partial charge in [-0.2, -0.15) is 13.2 Å². The molecule has 1 aliphatic rings. The third-order valence-electron chi connectivity index (χ3n) is 6.11. The van der Waals surface area contributed by atoms with Crippen LogP contribution in [0.1, 0.15) is 58.9 Å². The molecule has 0 aliphatic carbocycles. The fourth-order valence-corrected chi connectivity index (χ4v) is 4.32. The van der Waals surface area contributed by atoms with Gasteiger partial charge < -0.3 is 10.2 Å². The van der Waals surface area contributed by atoms with E-state index in [9.17, 15) is 22.8 Å². The molecule has 2 rings (SSSR count). The van der Waals surface area contributed by atoms with Crippen LogP contribution in [-0.2, 0) is 9.59 Å². The molecule has 174 valence electrons. The van der Waals surface area contributed by atoms with E-state index in [2.05, 4.69) is 19.2 Å². The Morgan fingerprint density at radius 2 is 1.77 bits per heavy atom. The molecular formula is C23H32ClF3N2O2. The predicted molar refractivity (Wildman–Crippen MR) is 116 cm³/mol. The highest BCUT2D eigenvalue weighted by Gasteiger charge is 2.41. The summed E-state index contributed by atoms with van der Waals surface area (Å²) in [6.07, 6.45) is -4.38. The third kappa shape index (κ3) is 6.61. The molecule has 0 bridgehead atoms. The van der Waals surface area contributed by atoms with Crippen LogP contribution in [-0.4, -0.2) is 42.0 Å². The lowest BCUT2D eigenvalue weighted by Gasteiger charge is -2.45. The molecule has 31 heavy (non-hydrogen) atoms. The van der Waals surface area contributed by atoms with Crippen molar-refractivity contribution in [1.82, 2.24) is 10.2 Å². The molecule has 3 atom stereocenters. The number of nitrogens with one attached hydrogen (secondary N) is 1. The van der Waals surface area contributed by atoms with Gasteiger partial charge in [0.2, 0.25) is 11.8 Å². The lowest BCUT2D eigenvalue weighted by Crippen LogP contribution is -2.56. The zero-order chi connectivity index (χ0) is 23.6. The Hall–Kier alpha value is -1.76. The van der Waals surface area contributed by atoms with Crippen molar-refractivity contribution in [2.75, 3.05) is 13.1 Å². The Bertz CT molecular complexity index is 778. The number of piperidine rings is 1. The number of likely N-dealkylation sites (tertiary alicyclic amines) is 1. The smallest absolute Gasteiger partial charge is 0.344 e. The van der Waals surface area contributed by atoms with E-state index < -0.39 is 30.5 Å². The molecule has 8 heteroatoms. The minimum absolute atomic E-state index is 0.210. The highest BCUT2D eigenvalue weighted by Crippen LogP contribution is 2.42. The fraction of sp³-hybridized carbons (Fsp3) is 0.652. The highest BCUT2D eigenvalue weighted by molar-refractivity contribution is 6.30. The number of benzene rings is 1. The number of halogens is 4. The molecule has 1 unspecified atom stereocenters. The van der Waals surface area contributed by atoms with E-state index in [1.807, 2.05) is 24.3 Å². The minimum atomic E-state index is -4.44. The lowest BCUT2D eigenvalue weighted by molar-refractivity contribution is -0.174. The Morgan fingerprint density at radius 3 is 2.26 bits per heavy atom. The fourth-order valence-electron chi connectivity index (χ4n) is 4.19. The van der Waals surface area contributed by atoms with Crippen LogP contribution in [0.4, 0.5) is 13.2 Å². The van der Waals surface area contributed by atoms with Gasteiger partial charge in [0.25, 0.3) is 0 Å². The molecule has 2 amide bonds. The Morgan fingerprint density at radius 1 is 1.19 bits per heavy atom. The Kier molecular flexibility index (Phi) is 8.06. The number of hydrogen-bond acceptors (Lipinski definition) is 2. The van der Waals surface area contributed by atoms with Crippen LogP contribution in [0, 0.1) is 17.3 Å². The van der Waals surface area contributed by atoms with Gasteiger partial charge in [0.1, 0.15) is 6.04 Å². The first-order chi connectivity index (χ1) is 14.2. The van der Waals surface area contributed by atoms with Crippen LogP contribution in [0.15, 0.2) is 24.3 Å². The summed E-state index contributed by atoms with van der Waals surface area (Å²) in [4.78, 5) is 27.1. The molecule has 1 aromatic carbocycles. The van der Waals surface area contributed by atoms with Crippen LogP contribution in [0.2, 0.25) is 5.02 Å². The van der Waals surface area contributed by atoms with E-state index in [1.165, 1.54) is 0 Å². The maximum absolute atomic E-state index is 13.2. The molecule has 1 fully saturated rings. The molecule has 0 saturated carbocycles. The average molecular weight is 461 g/mol. The van der Waals surface area contributed by atoms with Crippen molar-refractivity contribution < 1.29 is 22.8 Å². The maximum Gasteiger partial charge on any atom is 0.392 e. The molecule has 1 N–H and O–H groups in total. The van der Waals surface area contributed by atoms with Crippen molar-refractivity contribution in [3.8, 4) is 0 Å². The molecule has 0 spiro atoms. The van der Waals surface area contributed by atoms with Gasteiger partial charge in [-0.25, -0.2) is 0 Å². The highest BCUT2D eigenvalue weighted by atomic mass is 35.5. The van der Waals surface area contributed by atoms with Gasteiger partial charge in [-0.1, -0.05) is 58.4 Å². The van der Waals surface area contributed by atoms with Crippen LogP contribution >= 0.6 is 11.6 Å². The van der Waals surface area contributed by atoms with E-state index in [-0.39, 0.29) is 23.2 Å². The normalized spacial score (nSPS) is 21.0. The Labute approximate surface area is 187 Å². The van der Waals surface area contributed by atoms with E-state index in [4.69, 9.17) is 11.6 Å². The number of nitrogens with zero attached hydrogens (tertiary/aromatic N) is 1. The number of amides is 2. The average Bonchev–Trinajstić information content (AvgIpc) is 2.64.